The summed E-state index contributed by atoms with van der Waals surface area (Å²) in [6, 6.07) is 0. The third-order valence-electron chi connectivity index (χ3n) is 2.29. The minimum absolute atomic E-state index is 0.0164. The van der Waals surface area contributed by atoms with Gasteiger partial charge in [0.05, 0.1) is 6.33 Å². The molecule has 16 heavy (non-hydrogen) atoms. The summed E-state index contributed by atoms with van der Waals surface area (Å²) in [5.74, 6) is 0.417. The van der Waals surface area contributed by atoms with Gasteiger partial charge in [0.25, 0.3) is 5.56 Å². The van der Waals surface area contributed by atoms with E-state index in [4.69, 9.17) is 0 Å². The molecule has 0 fully saturated rings. The van der Waals surface area contributed by atoms with Gasteiger partial charge in [0.15, 0.2) is 0 Å². The zero-order valence-corrected chi connectivity index (χ0v) is 11.3. The fraction of sp³-hybridized carbons (Fsp3) is 0.636. The first-order valence-corrected chi connectivity index (χ1v) is 6.35. The molecule has 1 heterocycles. The highest BCUT2D eigenvalue weighted by Crippen LogP contribution is 2.01. The monoisotopic (exact) mass is 287 g/mol. The third-order valence-corrected chi connectivity index (χ3v) is 2.83. The minimum atomic E-state index is -0.0164. The van der Waals surface area contributed by atoms with E-state index in [0.29, 0.717) is 16.9 Å². The van der Waals surface area contributed by atoms with Gasteiger partial charge in [-0.05, 0) is 41.4 Å². The topological polar surface area (TPSA) is 46.9 Å². The van der Waals surface area contributed by atoms with Crippen molar-refractivity contribution in [3.05, 3.63) is 27.4 Å². The van der Waals surface area contributed by atoms with E-state index in [9.17, 15) is 4.79 Å². The van der Waals surface area contributed by atoms with Crippen molar-refractivity contribution in [2.75, 3.05) is 13.1 Å². The molecule has 1 atom stereocenters. The first-order chi connectivity index (χ1) is 7.65. The Labute approximate surface area is 104 Å². The molecule has 4 nitrogen and oxygen atoms in total. The van der Waals surface area contributed by atoms with Gasteiger partial charge in [0, 0.05) is 12.7 Å². The van der Waals surface area contributed by atoms with E-state index in [1.807, 2.05) is 0 Å². The van der Waals surface area contributed by atoms with Gasteiger partial charge in [-0.1, -0.05) is 13.8 Å². The summed E-state index contributed by atoms with van der Waals surface area (Å²) < 4.78 is 2.16. The van der Waals surface area contributed by atoms with Crippen LogP contribution >= 0.6 is 15.9 Å². The Hall–Kier alpha value is -0.680. The van der Waals surface area contributed by atoms with Crippen LogP contribution in [0.2, 0.25) is 0 Å². The maximum atomic E-state index is 11.7. The second-order valence-electron chi connectivity index (χ2n) is 4.01. The molecule has 0 aromatic carbocycles. The van der Waals surface area contributed by atoms with E-state index < -0.39 is 0 Å². The molecule has 0 aliphatic heterocycles. The van der Waals surface area contributed by atoms with Crippen molar-refractivity contribution >= 4 is 15.9 Å². The Bertz CT molecular complexity index is 378. The summed E-state index contributed by atoms with van der Waals surface area (Å²) >= 11 is 3.19. The van der Waals surface area contributed by atoms with Crippen LogP contribution in [0.25, 0.3) is 0 Å². The van der Waals surface area contributed by atoms with Crippen molar-refractivity contribution in [3.63, 3.8) is 0 Å². The van der Waals surface area contributed by atoms with Crippen LogP contribution in [0.1, 0.15) is 20.3 Å². The van der Waals surface area contributed by atoms with Crippen molar-refractivity contribution in [1.82, 2.24) is 14.9 Å². The van der Waals surface area contributed by atoms with E-state index in [0.717, 1.165) is 19.5 Å². The van der Waals surface area contributed by atoms with Crippen LogP contribution in [-0.4, -0.2) is 22.6 Å². The first-order valence-electron chi connectivity index (χ1n) is 5.55. The lowest BCUT2D eigenvalue weighted by molar-refractivity contribution is 0.435. The van der Waals surface area contributed by atoms with Crippen molar-refractivity contribution in [3.8, 4) is 0 Å². The summed E-state index contributed by atoms with van der Waals surface area (Å²) in [5.41, 5.74) is -0.0164. The highest BCUT2D eigenvalue weighted by molar-refractivity contribution is 9.10. The number of rotatable bonds is 6. The highest BCUT2D eigenvalue weighted by atomic mass is 79.9. The number of hydrogen-bond donors (Lipinski definition) is 1. The van der Waals surface area contributed by atoms with Crippen LogP contribution < -0.4 is 10.9 Å². The average Bonchev–Trinajstić information content (AvgIpc) is 2.25. The molecule has 1 aromatic rings. The van der Waals surface area contributed by atoms with Gasteiger partial charge < -0.3 is 5.32 Å². The fourth-order valence-electron chi connectivity index (χ4n) is 1.48. The largest absolute Gasteiger partial charge is 0.316 e. The molecule has 0 aliphatic rings. The van der Waals surface area contributed by atoms with Crippen LogP contribution in [0.4, 0.5) is 0 Å². The zero-order valence-electron chi connectivity index (χ0n) is 9.74. The SMILES string of the molecule is CCCNCC(C)Cn1cncc(Br)c1=O. The van der Waals surface area contributed by atoms with Crippen molar-refractivity contribution in [1.29, 1.82) is 0 Å². The molecule has 0 amide bonds. The van der Waals surface area contributed by atoms with Gasteiger partial charge in [0.2, 0.25) is 0 Å². The van der Waals surface area contributed by atoms with Crippen LogP contribution in [0.3, 0.4) is 0 Å². The van der Waals surface area contributed by atoms with E-state index in [2.05, 4.69) is 40.1 Å². The van der Waals surface area contributed by atoms with Crippen LogP contribution in [0.15, 0.2) is 21.8 Å². The normalized spacial score (nSPS) is 12.7. The van der Waals surface area contributed by atoms with Gasteiger partial charge in [-0.25, -0.2) is 4.98 Å². The molecular formula is C11H18BrN3O. The number of halogens is 1. The zero-order chi connectivity index (χ0) is 12.0. The fourth-order valence-corrected chi connectivity index (χ4v) is 1.83. The van der Waals surface area contributed by atoms with Crippen LogP contribution in [-0.2, 0) is 6.54 Å². The van der Waals surface area contributed by atoms with E-state index in [1.165, 1.54) is 6.20 Å². The van der Waals surface area contributed by atoms with Crippen LogP contribution in [0, 0.1) is 5.92 Å². The molecule has 1 unspecified atom stereocenters. The van der Waals surface area contributed by atoms with Crippen molar-refractivity contribution in [2.24, 2.45) is 5.92 Å². The van der Waals surface area contributed by atoms with Crippen molar-refractivity contribution < 1.29 is 0 Å². The standard InChI is InChI=1S/C11H18BrN3O/c1-3-4-13-5-9(2)7-15-8-14-6-10(12)11(15)16/h6,8-9,13H,3-5,7H2,1-2H3. The molecule has 1 rings (SSSR count). The number of nitrogens with zero attached hydrogens (tertiary/aromatic N) is 2. The van der Waals surface area contributed by atoms with Gasteiger partial charge in [-0.15, -0.1) is 0 Å². The summed E-state index contributed by atoms with van der Waals surface area (Å²) in [5, 5.41) is 3.34. The molecule has 0 radical (unpaired) electrons. The predicted octanol–water partition coefficient (Wildman–Crippen LogP) is 1.64. The van der Waals surface area contributed by atoms with Gasteiger partial charge in [-0.3, -0.25) is 9.36 Å². The Kier molecular flexibility index (Phi) is 5.69. The summed E-state index contributed by atoms with van der Waals surface area (Å²) in [6.45, 7) is 6.90. The molecule has 0 saturated carbocycles. The molecule has 1 aromatic heterocycles. The molecule has 0 saturated heterocycles. The molecule has 0 spiro atoms. The lowest BCUT2D eigenvalue weighted by Gasteiger charge is -2.13. The lowest BCUT2D eigenvalue weighted by Crippen LogP contribution is -2.29. The Balaban J connectivity index is 2.53. The second-order valence-corrected chi connectivity index (χ2v) is 4.86. The molecule has 0 aliphatic carbocycles. The number of hydrogen-bond acceptors (Lipinski definition) is 3. The lowest BCUT2D eigenvalue weighted by atomic mass is 10.2. The first kappa shape index (κ1) is 13.4. The molecule has 5 heteroatoms. The van der Waals surface area contributed by atoms with Gasteiger partial charge in [0.1, 0.15) is 4.47 Å². The van der Waals surface area contributed by atoms with E-state index in [-0.39, 0.29) is 5.56 Å². The molecule has 0 bridgehead atoms. The van der Waals surface area contributed by atoms with Gasteiger partial charge in [-0.2, -0.15) is 0 Å². The van der Waals surface area contributed by atoms with Crippen molar-refractivity contribution in [2.45, 2.75) is 26.8 Å². The summed E-state index contributed by atoms with van der Waals surface area (Å²) in [4.78, 5) is 15.7. The van der Waals surface area contributed by atoms with E-state index >= 15 is 0 Å². The smallest absolute Gasteiger partial charge is 0.267 e. The second kappa shape index (κ2) is 6.81. The van der Waals surface area contributed by atoms with Crippen LogP contribution in [0.5, 0.6) is 0 Å². The number of aromatic nitrogens is 2. The quantitative estimate of drug-likeness (QED) is 0.810. The summed E-state index contributed by atoms with van der Waals surface area (Å²) in [7, 11) is 0. The number of nitrogens with one attached hydrogen (secondary N) is 1. The third kappa shape index (κ3) is 4.06. The maximum absolute atomic E-state index is 11.7. The molecule has 90 valence electrons. The van der Waals surface area contributed by atoms with E-state index in [1.54, 1.807) is 10.9 Å². The Morgan fingerprint density at radius 2 is 2.38 bits per heavy atom. The molecular weight excluding hydrogens is 270 g/mol. The molecule has 1 N–H and O–H groups in total. The summed E-state index contributed by atoms with van der Waals surface area (Å²) in [6.07, 6.45) is 4.24. The highest BCUT2D eigenvalue weighted by Gasteiger charge is 2.06. The minimum Gasteiger partial charge on any atom is -0.316 e. The maximum Gasteiger partial charge on any atom is 0.267 e. The Morgan fingerprint density at radius 1 is 1.62 bits per heavy atom. The predicted molar refractivity (Wildman–Crippen MR) is 68.5 cm³/mol. The van der Waals surface area contributed by atoms with Gasteiger partial charge >= 0.3 is 0 Å². The average molecular weight is 288 g/mol. The Morgan fingerprint density at radius 3 is 3.06 bits per heavy atom.